The Bertz CT molecular complexity index is 488. The average molecular weight is 377 g/mol. The molecule has 25 heavy (non-hydrogen) atoms. The average Bonchev–Trinajstić information content (AvgIpc) is 2.55. The van der Waals surface area contributed by atoms with Crippen LogP contribution in [0.3, 0.4) is 0 Å². The van der Waals surface area contributed by atoms with Gasteiger partial charge in [-0.2, -0.15) is 0 Å². The maximum atomic E-state index is 11.5. The van der Waals surface area contributed by atoms with Gasteiger partial charge in [0.2, 0.25) is 0 Å². The number of aliphatic imine (C=N–C) groups is 1. The number of sulfone groups is 1. The van der Waals surface area contributed by atoms with Gasteiger partial charge in [0.05, 0.1) is 23.7 Å². The van der Waals surface area contributed by atoms with Gasteiger partial charge in [-0.1, -0.05) is 26.7 Å². The summed E-state index contributed by atoms with van der Waals surface area (Å²) in [4.78, 5) is 6.71. The predicted octanol–water partition coefficient (Wildman–Crippen LogP) is 0.603. The normalized spacial score (nSPS) is 19.0. The van der Waals surface area contributed by atoms with Crippen LogP contribution in [0.5, 0.6) is 0 Å². The fourth-order valence-corrected chi connectivity index (χ4v) is 4.36. The van der Waals surface area contributed by atoms with E-state index in [1.807, 2.05) is 6.92 Å². The topological polar surface area (TPSA) is 94.0 Å². The Labute approximate surface area is 153 Å². The van der Waals surface area contributed by atoms with E-state index in [1.54, 1.807) is 0 Å². The highest BCUT2D eigenvalue weighted by Gasteiger charge is 2.24. The second kappa shape index (κ2) is 11.0. The molecule has 8 heteroatoms. The van der Waals surface area contributed by atoms with Crippen molar-refractivity contribution >= 4 is 15.8 Å². The van der Waals surface area contributed by atoms with E-state index in [0.717, 1.165) is 38.8 Å². The van der Waals surface area contributed by atoms with Crippen molar-refractivity contribution in [1.82, 2.24) is 15.5 Å². The third-order valence-corrected chi connectivity index (χ3v) is 6.07. The van der Waals surface area contributed by atoms with Gasteiger partial charge in [-0.25, -0.2) is 8.42 Å². The molecule has 0 aromatic heterocycles. The summed E-state index contributed by atoms with van der Waals surface area (Å²) < 4.78 is 22.9. The summed E-state index contributed by atoms with van der Waals surface area (Å²) in [6.45, 7) is 10.0. The van der Waals surface area contributed by atoms with E-state index < -0.39 is 15.4 Å². The zero-order valence-electron chi connectivity index (χ0n) is 16.1. The van der Waals surface area contributed by atoms with Gasteiger partial charge in [-0.15, -0.1) is 0 Å². The molecule has 0 unspecified atom stereocenters. The second-order valence-corrected chi connectivity index (χ2v) is 9.14. The van der Waals surface area contributed by atoms with E-state index in [9.17, 15) is 13.5 Å². The minimum absolute atomic E-state index is 0.252. The van der Waals surface area contributed by atoms with Crippen molar-refractivity contribution in [3.05, 3.63) is 0 Å². The predicted molar refractivity (Wildman–Crippen MR) is 104 cm³/mol. The minimum Gasteiger partial charge on any atom is -0.388 e. The van der Waals surface area contributed by atoms with Gasteiger partial charge in [0.1, 0.15) is 0 Å². The van der Waals surface area contributed by atoms with Crippen LogP contribution >= 0.6 is 0 Å². The molecule has 0 aliphatic carbocycles. The van der Waals surface area contributed by atoms with E-state index in [1.165, 1.54) is 0 Å². The molecule has 0 aromatic rings. The molecule has 148 valence electrons. The SMILES string of the molecule is CCCC(O)(CCC)CN=C(NCC)NCCN1CCS(=O)(=O)CC1. The van der Waals surface area contributed by atoms with Gasteiger partial charge in [0, 0.05) is 32.7 Å². The van der Waals surface area contributed by atoms with E-state index in [4.69, 9.17) is 0 Å². The Balaban J connectivity index is 2.47. The van der Waals surface area contributed by atoms with Gasteiger partial charge < -0.3 is 15.7 Å². The number of nitrogens with zero attached hydrogens (tertiary/aromatic N) is 2. The Morgan fingerprint density at radius 2 is 1.72 bits per heavy atom. The fourth-order valence-electron chi connectivity index (χ4n) is 3.09. The highest BCUT2D eigenvalue weighted by Crippen LogP contribution is 2.19. The molecular formula is C17H36N4O3S. The Hall–Kier alpha value is -0.860. The van der Waals surface area contributed by atoms with Gasteiger partial charge in [-0.05, 0) is 19.8 Å². The lowest BCUT2D eigenvalue weighted by molar-refractivity contribution is 0.0306. The van der Waals surface area contributed by atoms with Crippen LogP contribution in [0.4, 0.5) is 0 Å². The van der Waals surface area contributed by atoms with Crippen LogP contribution in [0.2, 0.25) is 0 Å². The van der Waals surface area contributed by atoms with Gasteiger partial charge in [0.15, 0.2) is 15.8 Å². The first kappa shape index (κ1) is 22.2. The minimum atomic E-state index is -2.83. The molecule has 1 saturated heterocycles. The van der Waals surface area contributed by atoms with Crippen molar-refractivity contribution in [2.24, 2.45) is 4.99 Å². The number of hydrogen-bond acceptors (Lipinski definition) is 5. The van der Waals surface area contributed by atoms with Crippen LogP contribution in [-0.2, 0) is 9.84 Å². The quantitative estimate of drug-likeness (QED) is 0.382. The molecule has 1 fully saturated rings. The summed E-state index contributed by atoms with van der Waals surface area (Å²) in [7, 11) is -2.83. The molecule has 0 amide bonds. The third kappa shape index (κ3) is 8.87. The van der Waals surface area contributed by atoms with Crippen molar-refractivity contribution in [1.29, 1.82) is 0 Å². The van der Waals surface area contributed by atoms with E-state index in [-0.39, 0.29) is 11.5 Å². The summed E-state index contributed by atoms with van der Waals surface area (Å²) in [5.74, 6) is 1.21. The zero-order valence-corrected chi connectivity index (χ0v) is 16.9. The molecule has 1 aliphatic heterocycles. The number of guanidine groups is 1. The Kier molecular flexibility index (Phi) is 9.74. The Morgan fingerprint density at radius 3 is 2.24 bits per heavy atom. The maximum Gasteiger partial charge on any atom is 0.191 e. The molecule has 0 bridgehead atoms. The summed E-state index contributed by atoms with van der Waals surface area (Å²) in [6, 6.07) is 0. The van der Waals surface area contributed by atoms with Crippen LogP contribution in [0.15, 0.2) is 4.99 Å². The lowest BCUT2D eigenvalue weighted by Gasteiger charge is -2.27. The van der Waals surface area contributed by atoms with Gasteiger partial charge in [0.25, 0.3) is 0 Å². The summed E-state index contributed by atoms with van der Waals surface area (Å²) in [6.07, 6.45) is 3.39. The van der Waals surface area contributed by atoms with E-state index in [2.05, 4.69) is 34.4 Å². The first-order valence-corrected chi connectivity index (χ1v) is 11.3. The first-order valence-electron chi connectivity index (χ1n) is 9.51. The van der Waals surface area contributed by atoms with Crippen LogP contribution in [-0.4, -0.2) is 80.8 Å². The van der Waals surface area contributed by atoms with Gasteiger partial charge in [-0.3, -0.25) is 9.89 Å². The molecule has 1 rings (SSSR count). The second-order valence-electron chi connectivity index (χ2n) is 6.84. The number of rotatable bonds is 10. The van der Waals surface area contributed by atoms with Crippen LogP contribution in [0, 0.1) is 0 Å². The molecule has 0 saturated carbocycles. The Morgan fingerprint density at radius 1 is 1.12 bits per heavy atom. The smallest absolute Gasteiger partial charge is 0.191 e. The highest BCUT2D eigenvalue weighted by atomic mass is 32.2. The van der Waals surface area contributed by atoms with Crippen molar-refractivity contribution in [3.8, 4) is 0 Å². The largest absolute Gasteiger partial charge is 0.388 e. The lowest BCUT2D eigenvalue weighted by Crippen LogP contribution is -2.46. The van der Waals surface area contributed by atoms with Gasteiger partial charge >= 0.3 is 0 Å². The molecule has 0 aromatic carbocycles. The number of nitrogens with one attached hydrogen (secondary N) is 2. The standard InChI is InChI=1S/C17H36N4O3S/c1-4-7-17(22,8-5-2)15-20-16(18-6-3)19-9-10-21-11-13-25(23,24)14-12-21/h22H,4-15H2,1-3H3,(H2,18,19,20). The van der Waals surface area contributed by atoms with Crippen molar-refractivity contribution in [2.45, 2.75) is 52.1 Å². The molecule has 0 spiro atoms. The zero-order chi connectivity index (χ0) is 18.8. The van der Waals surface area contributed by atoms with Crippen molar-refractivity contribution < 1.29 is 13.5 Å². The number of hydrogen-bond donors (Lipinski definition) is 3. The highest BCUT2D eigenvalue weighted by molar-refractivity contribution is 7.91. The molecule has 1 aliphatic rings. The maximum absolute atomic E-state index is 11.5. The van der Waals surface area contributed by atoms with E-state index >= 15 is 0 Å². The summed E-state index contributed by atoms with van der Waals surface area (Å²) >= 11 is 0. The van der Waals surface area contributed by atoms with E-state index in [0.29, 0.717) is 32.1 Å². The fraction of sp³-hybridized carbons (Fsp3) is 0.941. The molecule has 1 heterocycles. The molecule has 3 N–H and O–H groups in total. The monoisotopic (exact) mass is 376 g/mol. The first-order chi connectivity index (χ1) is 11.8. The van der Waals surface area contributed by atoms with Crippen molar-refractivity contribution in [3.63, 3.8) is 0 Å². The molecule has 0 atom stereocenters. The van der Waals surface area contributed by atoms with Crippen LogP contribution < -0.4 is 10.6 Å². The van der Waals surface area contributed by atoms with Crippen LogP contribution in [0.1, 0.15) is 46.5 Å². The van der Waals surface area contributed by atoms with Crippen molar-refractivity contribution in [2.75, 3.05) is 50.8 Å². The lowest BCUT2D eigenvalue weighted by atomic mass is 9.93. The molecule has 7 nitrogen and oxygen atoms in total. The summed E-state index contributed by atoms with van der Waals surface area (Å²) in [5, 5.41) is 17.2. The van der Waals surface area contributed by atoms with Crippen LogP contribution in [0.25, 0.3) is 0 Å². The molecule has 0 radical (unpaired) electrons. The summed E-state index contributed by atoms with van der Waals surface area (Å²) in [5.41, 5.74) is -0.729. The number of aliphatic hydroxyl groups is 1. The third-order valence-electron chi connectivity index (χ3n) is 4.46. The molecular weight excluding hydrogens is 340 g/mol.